The van der Waals surface area contributed by atoms with E-state index >= 15 is 0 Å². The van der Waals surface area contributed by atoms with Crippen LogP contribution >= 0.6 is 0 Å². The molecule has 4 aliphatic heterocycles. The lowest BCUT2D eigenvalue weighted by Crippen LogP contribution is -2.65. The van der Waals surface area contributed by atoms with Crippen LogP contribution in [0, 0.1) is 0 Å². The minimum atomic E-state index is -1.96. The van der Waals surface area contributed by atoms with E-state index < -0.39 is 123 Å². The molecule has 3 fully saturated rings. The second-order valence-electron chi connectivity index (χ2n) is 13.4. The van der Waals surface area contributed by atoms with Crippen molar-refractivity contribution in [3.63, 3.8) is 0 Å². The predicted octanol–water partition coefficient (Wildman–Crippen LogP) is -3.33. The Morgan fingerprint density at radius 2 is 1.41 bits per heavy atom. The maximum absolute atomic E-state index is 13.1. The Morgan fingerprint density at radius 1 is 0.741 bits per heavy atom. The standard InChI is InChI=1S/C34H44O20/c1-11-23(39)25(41)28(44)32(49-11)48-10-21-31(54-34-29(45)26(42)24(40)20(9-35)52-34)27(43)30(46)33(53-21)50-13-6-15(37)22-16(38)8-18(51-19(22)7-13)12-3-4-17(47-2)14(36)5-12/h3-7,11,18,20-21,23-37,39-46H,8-10H2,1-2H3/t11-,18?,20+,21+,23-,24+,25+,26-,27+,28+,29+,30+,31+,32+,33+,34+/m0/s1. The summed E-state index contributed by atoms with van der Waals surface area (Å²) in [6.07, 6.45) is -26.1. The predicted molar refractivity (Wildman–Crippen MR) is 173 cm³/mol. The topological polar surface area (TPSA) is 313 Å². The lowest BCUT2D eigenvalue weighted by atomic mass is 9.95. The number of phenolic OH excluding ortho intramolecular Hbond substituents is 2. The number of methoxy groups -OCH3 is 1. The van der Waals surface area contributed by atoms with Crippen LogP contribution in [-0.2, 0) is 23.7 Å². The van der Waals surface area contributed by atoms with E-state index in [0.29, 0.717) is 5.56 Å². The number of phenols is 2. The molecule has 0 spiro atoms. The maximum atomic E-state index is 13.1. The molecule has 54 heavy (non-hydrogen) atoms. The fraction of sp³-hybridized carbons (Fsp3) is 0.618. The minimum Gasteiger partial charge on any atom is -0.507 e. The largest absolute Gasteiger partial charge is 0.507 e. The summed E-state index contributed by atoms with van der Waals surface area (Å²) < 4.78 is 45.1. The molecule has 4 aliphatic rings. The second-order valence-corrected chi connectivity index (χ2v) is 13.4. The molecular formula is C34H44O20. The number of benzene rings is 2. The number of ether oxygens (including phenoxy) is 8. The van der Waals surface area contributed by atoms with Crippen molar-refractivity contribution in [2.75, 3.05) is 20.3 Å². The summed E-state index contributed by atoms with van der Waals surface area (Å²) in [4.78, 5) is 13.1. The Kier molecular flexibility index (Phi) is 12.2. The number of aliphatic hydroxyl groups excluding tert-OH is 9. The van der Waals surface area contributed by atoms with Gasteiger partial charge in [-0.15, -0.1) is 0 Å². The third-order valence-electron chi connectivity index (χ3n) is 9.81. The highest BCUT2D eigenvalue weighted by atomic mass is 16.8. The van der Waals surface area contributed by atoms with Gasteiger partial charge in [0.1, 0.15) is 96.1 Å². The highest BCUT2D eigenvalue weighted by molar-refractivity contribution is 6.02. The number of rotatable bonds is 10. The second kappa shape index (κ2) is 16.3. The summed E-state index contributed by atoms with van der Waals surface area (Å²) in [5.41, 5.74) is 0.261. The Labute approximate surface area is 306 Å². The van der Waals surface area contributed by atoms with Crippen molar-refractivity contribution in [1.29, 1.82) is 0 Å². The molecule has 11 N–H and O–H groups in total. The monoisotopic (exact) mass is 772 g/mol. The normalized spacial score (nSPS) is 39.7. The first-order chi connectivity index (χ1) is 25.6. The van der Waals surface area contributed by atoms with Crippen LogP contribution in [0.3, 0.4) is 0 Å². The van der Waals surface area contributed by atoms with Gasteiger partial charge in [-0.1, -0.05) is 6.07 Å². The SMILES string of the molecule is COc1ccc(C2CC(=O)c3c(O)cc(O[C@@H]4O[C@H](CO[C@@H]5O[C@@H](C)[C@H](O)[C@@H](O)[C@H]5O)[C@@H](O[C@H]5O[C@H](CO)[C@@H](O)[C@H](O)[C@H]5O)[C@H](O)[C@H]4O)cc3O2)cc1O. The Morgan fingerprint density at radius 3 is 2.09 bits per heavy atom. The Balaban J connectivity index is 1.24. The van der Waals surface area contributed by atoms with E-state index in [2.05, 4.69) is 0 Å². The molecule has 20 nitrogen and oxygen atoms in total. The van der Waals surface area contributed by atoms with E-state index in [1.165, 1.54) is 32.2 Å². The third kappa shape index (κ3) is 7.81. The zero-order valence-electron chi connectivity index (χ0n) is 28.8. The molecule has 0 bridgehead atoms. The van der Waals surface area contributed by atoms with Crippen LogP contribution in [0.1, 0.15) is 35.4 Å². The first-order valence-corrected chi connectivity index (χ1v) is 17.0. The summed E-state index contributed by atoms with van der Waals surface area (Å²) in [7, 11) is 1.37. The number of aromatic hydroxyl groups is 2. The first kappa shape index (κ1) is 40.2. The van der Waals surface area contributed by atoms with E-state index in [1.807, 2.05) is 0 Å². The number of ketones is 1. The van der Waals surface area contributed by atoms with Crippen LogP contribution in [0.2, 0.25) is 0 Å². The fourth-order valence-corrected chi connectivity index (χ4v) is 6.69. The molecule has 0 radical (unpaired) electrons. The summed E-state index contributed by atoms with van der Waals surface area (Å²) in [6.45, 7) is -0.0296. The number of Topliss-reactive ketones (excluding diaryl/α,β-unsaturated/α-hetero) is 1. The molecule has 6 rings (SSSR count). The summed E-state index contributed by atoms with van der Waals surface area (Å²) in [5.74, 6) is -1.36. The van der Waals surface area contributed by atoms with E-state index in [-0.39, 0.29) is 35.0 Å². The highest BCUT2D eigenvalue weighted by Crippen LogP contribution is 2.44. The molecule has 4 heterocycles. The molecule has 0 aliphatic carbocycles. The van der Waals surface area contributed by atoms with E-state index in [4.69, 9.17) is 37.9 Å². The van der Waals surface area contributed by atoms with Gasteiger partial charge in [-0.25, -0.2) is 0 Å². The molecule has 3 saturated heterocycles. The van der Waals surface area contributed by atoms with Gasteiger partial charge in [0, 0.05) is 12.1 Å². The van der Waals surface area contributed by atoms with Gasteiger partial charge in [0.15, 0.2) is 29.9 Å². The van der Waals surface area contributed by atoms with Crippen molar-refractivity contribution >= 4 is 5.78 Å². The van der Waals surface area contributed by atoms with Crippen LogP contribution in [0.4, 0.5) is 0 Å². The van der Waals surface area contributed by atoms with Gasteiger partial charge in [-0.3, -0.25) is 4.79 Å². The molecule has 300 valence electrons. The van der Waals surface area contributed by atoms with Crippen molar-refractivity contribution in [2.45, 2.75) is 112 Å². The van der Waals surface area contributed by atoms with Gasteiger partial charge < -0.3 is 94.1 Å². The van der Waals surface area contributed by atoms with E-state index in [0.717, 1.165) is 6.07 Å². The number of hydrogen-bond acceptors (Lipinski definition) is 20. The van der Waals surface area contributed by atoms with Crippen molar-refractivity contribution in [3.05, 3.63) is 41.5 Å². The summed E-state index contributed by atoms with van der Waals surface area (Å²) >= 11 is 0. The van der Waals surface area contributed by atoms with Gasteiger partial charge in [0.05, 0.1) is 32.8 Å². The van der Waals surface area contributed by atoms with Crippen molar-refractivity contribution in [3.8, 4) is 28.7 Å². The molecule has 0 amide bonds. The maximum Gasteiger partial charge on any atom is 0.229 e. The minimum absolute atomic E-state index is 0.116. The van der Waals surface area contributed by atoms with Crippen LogP contribution in [0.15, 0.2) is 30.3 Å². The zero-order valence-corrected chi connectivity index (χ0v) is 28.8. The zero-order chi connectivity index (χ0) is 39.2. The van der Waals surface area contributed by atoms with Crippen LogP contribution in [0.25, 0.3) is 0 Å². The first-order valence-electron chi connectivity index (χ1n) is 17.0. The molecule has 0 aromatic heterocycles. The molecule has 2 aromatic rings. The number of carbonyl (C=O) groups is 1. The average Bonchev–Trinajstić information content (AvgIpc) is 3.14. The Hall–Kier alpha value is -3.45. The molecule has 1 unspecified atom stereocenters. The average molecular weight is 773 g/mol. The number of carbonyl (C=O) groups excluding carboxylic acids is 1. The highest BCUT2D eigenvalue weighted by Gasteiger charge is 2.52. The third-order valence-corrected chi connectivity index (χ3v) is 9.81. The molecular weight excluding hydrogens is 728 g/mol. The van der Waals surface area contributed by atoms with Crippen LogP contribution in [-0.4, -0.2) is 174 Å². The van der Waals surface area contributed by atoms with Gasteiger partial charge in [-0.2, -0.15) is 0 Å². The molecule has 20 heteroatoms. The lowest BCUT2D eigenvalue weighted by molar-refractivity contribution is -0.359. The lowest BCUT2D eigenvalue weighted by Gasteiger charge is -2.46. The van der Waals surface area contributed by atoms with Gasteiger partial charge in [0.2, 0.25) is 6.29 Å². The number of hydrogen-bond donors (Lipinski definition) is 11. The smallest absolute Gasteiger partial charge is 0.229 e. The number of fused-ring (bicyclic) bond motifs is 1. The van der Waals surface area contributed by atoms with Crippen molar-refractivity contribution in [1.82, 2.24) is 0 Å². The fourth-order valence-electron chi connectivity index (χ4n) is 6.69. The molecule has 0 saturated carbocycles. The van der Waals surface area contributed by atoms with Gasteiger partial charge >= 0.3 is 0 Å². The van der Waals surface area contributed by atoms with Gasteiger partial charge in [0.25, 0.3) is 0 Å². The van der Waals surface area contributed by atoms with Crippen LogP contribution < -0.4 is 14.2 Å². The van der Waals surface area contributed by atoms with E-state index in [1.54, 1.807) is 6.07 Å². The Bertz CT molecular complexity index is 1620. The van der Waals surface area contributed by atoms with E-state index in [9.17, 15) is 61.0 Å². The summed E-state index contributed by atoms with van der Waals surface area (Å²) in [5, 5.41) is 115. The molecule has 2 aromatic carbocycles. The van der Waals surface area contributed by atoms with Gasteiger partial charge in [-0.05, 0) is 24.6 Å². The van der Waals surface area contributed by atoms with Crippen LogP contribution in [0.5, 0.6) is 28.7 Å². The van der Waals surface area contributed by atoms with Crippen molar-refractivity contribution < 1.29 is 98.9 Å². The molecule has 16 atom stereocenters. The van der Waals surface area contributed by atoms with Crippen molar-refractivity contribution in [2.24, 2.45) is 0 Å². The number of aliphatic hydroxyl groups is 9. The summed E-state index contributed by atoms with van der Waals surface area (Å²) in [6, 6.07) is 6.71. The quantitative estimate of drug-likeness (QED) is 0.112.